The van der Waals surface area contributed by atoms with Gasteiger partial charge in [0.05, 0.1) is 6.10 Å². The Bertz CT molecular complexity index is 433. The maximum atomic E-state index is 5.98. The number of nitrogens with zero attached hydrogens (tertiary/aromatic N) is 4. The van der Waals surface area contributed by atoms with Crippen molar-refractivity contribution in [3.8, 4) is 6.01 Å². The predicted octanol–water partition coefficient (Wildman–Crippen LogP) is 3.47. The molecule has 0 saturated heterocycles. The highest BCUT2D eigenvalue weighted by Gasteiger charge is 2.20. The van der Waals surface area contributed by atoms with Gasteiger partial charge in [0, 0.05) is 13.1 Å². The molecule has 0 atom stereocenters. The number of hydrogen-bond donors (Lipinski definition) is 0. The van der Waals surface area contributed by atoms with Gasteiger partial charge in [-0.2, -0.15) is 15.0 Å². The highest BCUT2D eigenvalue weighted by Crippen LogP contribution is 2.24. The van der Waals surface area contributed by atoms with Gasteiger partial charge in [0.2, 0.25) is 11.2 Å². The van der Waals surface area contributed by atoms with E-state index in [4.69, 9.17) is 16.3 Å². The van der Waals surface area contributed by atoms with Crippen molar-refractivity contribution < 1.29 is 4.74 Å². The lowest BCUT2D eigenvalue weighted by atomic mass is 10.1. The van der Waals surface area contributed by atoms with Crippen LogP contribution in [-0.4, -0.2) is 34.1 Å². The van der Waals surface area contributed by atoms with Crippen LogP contribution in [0.1, 0.15) is 52.4 Å². The molecule has 1 aliphatic carbocycles. The minimum atomic E-state index is 0.0181. The summed E-state index contributed by atoms with van der Waals surface area (Å²) in [6, 6.07) is 0.776. The lowest BCUT2D eigenvalue weighted by Crippen LogP contribution is -2.32. The van der Waals surface area contributed by atoms with E-state index < -0.39 is 0 Å². The Morgan fingerprint density at radius 2 is 1.75 bits per heavy atom. The molecule has 0 aromatic carbocycles. The summed E-state index contributed by atoms with van der Waals surface area (Å²) in [4.78, 5) is 14.7. The molecule has 1 aromatic rings. The molecule has 0 N–H and O–H groups in total. The van der Waals surface area contributed by atoms with Gasteiger partial charge in [-0.1, -0.05) is 25.7 Å². The Hall–Kier alpha value is -1.10. The molecule has 112 valence electrons. The van der Waals surface area contributed by atoms with Crippen LogP contribution >= 0.6 is 11.6 Å². The maximum absolute atomic E-state index is 5.98. The van der Waals surface area contributed by atoms with Crippen molar-refractivity contribution in [1.82, 2.24) is 15.0 Å². The minimum absolute atomic E-state index is 0.0181. The third kappa shape index (κ3) is 4.20. The average Bonchev–Trinajstić information content (AvgIpc) is 2.65. The van der Waals surface area contributed by atoms with E-state index in [1.54, 1.807) is 0 Å². The molecule has 1 aliphatic rings. The van der Waals surface area contributed by atoms with E-state index in [2.05, 4.69) is 19.9 Å². The van der Waals surface area contributed by atoms with Gasteiger partial charge in [0.25, 0.3) is 0 Å². The first kappa shape index (κ1) is 15.3. The number of aromatic nitrogens is 3. The normalized spacial score (nSPS) is 17.1. The summed E-state index contributed by atoms with van der Waals surface area (Å²) in [5.41, 5.74) is 0. The number of hydrogen-bond acceptors (Lipinski definition) is 5. The Morgan fingerprint density at radius 1 is 1.10 bits per heavy atom. The summed E-state index contributed by atoms with van der Waals surface area (Å²) in [5.74, 6) is 0.604. The zero-order valence-corrected chi connectivity index (χ0v) is 13.2. The van der Waals surface area contributed by atoms with Gasteiger partial charge >= 0.3 is 6.01 Å². The van der Waals surface area contributed by atoms with E-state index in [9.17, 15) is 0 Å². The van der Waals surface area contributed by atoms with Gasteiger partial charge in [-0.15, -0.1) is 0 Å². The van der Waals surface area contributed by atoms with Gasteiger partial charge in [0.15, 0.2) is 0 Å². The zero-order chi connectivity index (χ0) is 14.5. The smallest absolute Gasteiger partial charge is 0.322 e. The third-order valence-corrected chi connectivity index (χ3v) is 3.77. The van der Waals surface area contributed by atoms with Gasteiger partial charge < -0.3 is 9.64 Å². The van der Waals surface area contributed by atoms with Gasteiger partial charge in [-0.3, -0.25) is 0 Å². The SMILES string of the molecule is CC(C)Oc1nc(Cl)nc(N(C)C2CCCCCC2)n1. The molecule has 0 aliphatic heterocycles. The van der Waals surface area contributed by atoms with Gasteiger partial charge in [0.1, 0.15) is 0 Å². The monoisotopic (exact) mass is 298 g/mol. The molecule has 0 spiro atoms. The first-order valence-electron chi connectivity index (χ1n) is 7.37. The van der Waals surface area contributed by atoms with Crippen LogP contribution in [-0.2, 0) is 0 Å². The highest BCUT2D eigenvalue weighted by atomic mass is 35.5. The second-order valence-electron chi connectivity index (χ2n) is 5.61. The van der Waals surface area contributed by atoms with E-state index >= 15 is 0 Å². The van der Waals surface area contributed by atoms with Crippen molar-refractivity contribution >= 4 is 17.5 Å². The summed E-state index contributed by atoms with van der Waals surface area (Å²) < 4.78 is 5.52. The molecule has 5 nitrogen and oxygen atoms in total. The molecule has 0 amide bonds. The minimum Gasteiger partial charge on any atom is -0.461 e. The fourth-order valence-electron chi connectivity index (χ4n) is 2.55. The van der Waals surface area contributed by atoms with Crippen LogP contribution in [0.5, 0.6) is 6.01 Å². The molecule has 1 fully saturated rings. The summed E-state index contributed by atoms with van der Waals surface area (Å²) >= 11 is 5.98. The summed E-state index contributed by atoms with van der Waals surface area (Å²) in [5, 5.41) is 0.186. The Kier molecular flexibility index (Phi) is 5.40. The quantitative estimate of drug-likeness (QED) is 0.797. The second-order valence-corrected chi connectivity index (χ2v) is 5.95. The molecule has 2 rings (SSSR count). The molecule has 20 heavy (non-hydrogen) atoms. The Balaban J connectivity index is 2.15. The molecule has 1 aromatic heterocycles. The first-order chi connectivity index (χ1) is 9.56. The first-order valence-corrected chi connectivity index (χ1v) is 7.75. The summed E-state index contributed by atoms with van der Waals surface area (Å²) in [6.07, 6.45) is 7.56. The van der Waals surface area contributed by atoms with Crippen molar-refractivity contribution in [2.45, 2.75) is 64.5 Å². The van der Waals surface area contributed by atoms with Gasteiger partial charge in [-0.05, 0) is 38.3 Å². The average molecular weight is 299 g/mol. The van der Waals surface area contributed by atoms with Crippen LogP contribution in [0.25, 0.3) is 0 Å². The maximum Gasteiger partial charge on any atom is 0.322 e. The predicted molar refractivity (Wildman–Crippen MR) is 80.5 cm³/mol. The molecule has 0 bridgehead atoms. The van der Waals surface area contributed by atoms with Crippen LogP contribution in [0, 0.1) is 0 Å². The topological polar surface area (TPSA) is 51.1 Å². The van der Waals surface area contributed by atoms with Crippen LogP contribution in [0.3, 0.4) is 0 Å². The van der Waals surface area contributed by atoms with E-state index in [1.807, 2.05) is 20.9 Å². The number of anilines is 1. The molecular formula is C14H23ClN4O. The lowest BCUT2D eigenvalue weighted by molar-refractivity contribution is 0.221. The zero-order valence-electron chi connectivity index (χ0n) is 12.5. The fourth-order valence-corrected chi connectivity index (χ4v) is 2.70. The van der Waals surface area contributed by atoms with Crippen LogP contribution in [0.15, 0.2) is 0 Å². The molecule has 6 heteroatoms. The van der Waals surface area contributed by atoms with Gasteiger partial charge in [-0.25, -0.2) is 0 Å². The fraction of sp³-hybridized carbons (Fsp3) is 0.786. The van der Waals surface area contributed by atoms with E-state index in [1.165, 1.54) is 38.5 Å². The standard InChI is InChI=1S/C14H23ClN4O/c1-10(2)20-14-17-12(15)16-13(18-14)19(3)11-8-6-4-5-7-9-11/h10-11H,4-9H2,1-3H3. The number of rotatable bonds is 4. The lowest BCUT2D eigenvalue weighted by Gasteiger charge is -2.27. The Labute approximate surface area is 125 Å². The molecule has 1 heterocycles. The summed E-state index contributed by atoms with van der Waals surface area (Å²) in [6.45, 7) is 3.87. The van der Waals surface area contributed by atoms with E-state index in [0.717, 1.165) is 0 Å². The van der Waals surface area contributed by atoms with Crippen molar-refractivity contribution in [1.29, 1.82) is 0 Å². The molecular weight excluding hydrogens is 276 g/mol. The van der Waals surface area contributed by atoms with Crippen LogP contribution < -0.4 is 9.64 Å². The van der Waals surface area contributed by atoms with Crippen molar-refractivity contribution in [3.63, 3.8) is 0 Å². The van der Waals surface area contributed by atoms with E-state index in [0.29, 0.717) is 18.0 Å². The Morgan fingerprint density at radius 3 is 2.35 bits per heavy atom. The number of halogens is 1. The van der Waals surface area contributed by atoms with E-state index in [-0.39, 0.29) is 11.4 Å². The van der Waals surface area contributed by atoms with Crippen molar-refractivity contribution in [3.05, 3.63) is 5.28 Å². The summed E-state index contributed by atoms with van der Waals surface area (Å²) in [7, 11) is 2.03. The molecule has 0 unspecified atom stereocenters. The molecule has 0 radical (unpaired) electrons. The van der Waals surface area contributed by atoms with Crippen LogP contribution in [0.2, 0.25) is 5.28 Å². The molecule has 1 saturated carbocycles. The third-order valence-electron chi connectivity index (χ3n) is 3.60. The second kappa shape index (κ2) is 7.07. The highest BCUT2D eigenvalue weighted by molar-refractivity contribution is 6.28. The van der Waals surface area contributed by atoms with Crippen LogP contribution in [0.4, 0.5) is 5.95 Å². The number of ether oxygens (including phenoxy) is 1. The largest absolute Gasteiger partial charge is 0.461 e. The van der Waals surface area contributed by atoms with Crippen molar-refractivity contribution in [2.75, 3.05) is 11.9 Å². The van der Waals surface area contributed by atoms with Crippen molar-refractivity contribution in [2.24, 2.45) is 0 Å².